The van der Waals surface area contributed by atoms with Crippen molar-refractivity contribution in [3.8, 4) is 0 Å². The highest BCUT2D eigenvalue weighted by Crippen LogP contribution is 2.50. The highest BCUT2D eigenvalue weighted by Gasteiger charge is 2.47. The van der Waals surface area contributed by atoms with E-state index in [1.807, 2.05) is 0 Å². The van der Waals surface area contributed by atoms with Crippen LogP contribution in [0.25, 0.3) is 0 Å². The van der Waals surface area contributed by atoms with Crippen LogP contribution < -0.4 is 0 Å². The smallest absolute Gasteiger partial charge is 0.0691 e. The van der Waals surface area contributed by atoms with E-state index in [9.17, 15) is 0 Å². The van der Waals surface area contributed by atoms with E-state index in [1.165, 1.54) is 75.3 Å². The summed E-state index contributed by atoms with van der Waals surface area (Å²) in [6.45, 7) is 3.13. The van der Waals surface area contributed by atoms with Gasteiger partial charge in [-0.2, -0.15) is 0 Å². The van der Waals surface area contributed by atoms with Crippen LogP contribution in [-0.4, -0.2) is 12.2 Å². The number of rotatable bonds is 6. The van der Waals surface area contributed by atoms with E-state index in [0.717, 1.165) is 6.61 Å². The number of benzene rings is 2. The molecule has 4 rings (SSSR count). The number of unbranched alkanes of at least 4 members (excludes halogenated alkanes) is 1. The standard InChI is InChI=1S/C26H34O/c1-22-10-9-12-23(20-22)11-5-6-15-25(24-13-3-2-4-14-24)18-19-27-26(21-25)16-7-8-17-26/h2-4,9-10,12-14,20H,5-8,11,15-19,21H2,1H3/t25-/m1/s1. The minimum Gasteiger partial charge on any atom is -0.375 e. The molecule has 27 heavy (non-hydrogen) atoms. The van der Waals surface area contributed by atoms with E-state index >= 15 is 0 Å². The zero-order chi connectivity index (χ0) is 18.6. The molecule has 1 aliphatic heterocycles. The molecule has 0 unspecified atom stereocenters. The molecule has 1 saturated carbocycles. The first-order valence-electron chi connectivity index (χ1n) is 10.9. The molecule has 1 spiro atoms. The van der Waals surface area contributed by atoms with Crippen LogP contribution in [0.2, 0.25) is 0 Å². The minimum atomic E-state index is 0.171. The van der Waals surface area contributed by atoms with Crippen molar-refractivity contribution in [3.63, 3.8) is 0 Å². The first-order chi connectivity index (χ1) is 13.2. The van der Waals surface area contributed by atoms with E-state index in [2.05, 4.69) is 61.5 Å². The van der Waals surface area contributed by atoms with Crippen LogP contribution >= 0.6 is 0 Å². The molecule has 1 aliphatic carbocycles. The molecule has 144 valence electrons. The Morgan fingerprint density at radius 1 is 0.889 bits per heavy atom. The molecule has 2 aromatic carbocycles. The van der Waals surface area contributed by atoms with Crippen LogP contribution in [0.5, 0.6) is 0 Å². The fourth-order valence-electron chi connectivity index (χ4n) is 5.62. The SMILES string of the molecule is Cc1cccc(CCCC[C@@]2(c3ccccc3)CCOC3(CCCC3)C2)c1. The molecular weight excluding hydrogens is 328 g/mol. The Kier molecular flexibility index (Phi) is 5.68. The summed E-state index contributed by atoms with van der Waals surface area (Å²) in [6, 6.07) is 20.3. The molecule has 1 atom stereocenters. The second-order valence-corrected chi connectivity index (χ2v) is 9.01. The van der Waals surface area contributed by atoms with Crippen LogP contribution in [-0.2, 0) is 16.6 Å². The molecule has 0 N–H and O–H groups in total. The molecular formula is C26H34O. The van der Waals surface area contributed by atoms with E-state index in [-0.39, 0.29) is 5.60 Å². The fraction of sp³-hybridized carbons (Fsp3) is 0.538. The van der Waals surface area contributed by atoms with Gasteiger partial charge in [-0.05, 0) is 63.0 Å². The topological polar surface area (TPSA) is 9.23 Å². The molecule has 1 nitrogen and oxygen atoms in total. The Morgan fingerprint density at radius 2 is 1.70 bits per heavy atom. The summed E-state index contributed by atoms with van der Waals surface area (Å²) in [7, 11) is 0. The van der Waals surface area contributed by atoms with Gasteiger partial charge in [-0.15, -0.1) is 0 Å². The summed E-state index contributed by atoms with van der Waals surface area (Å²) in [6.07, 6.45) is 12.7. The number of hydrogen-bond donors (Lipinski definition) is 0. The first kappa shape index (κ1) is 18.7. The third-order valence-electron chi connectivity index (χ3n) is 7.00. The van der Waals surface area contributed by atoms with Gasteiger partial charge < -0.3 is 4.74 Å². The van der Waals surface area contributed by atoms with Crippen molar-refractivity contribution in [2.24, 2.45) is 0 Å². The zero-order valence-electron chi connectivity index (χ0n) is 16.9. The zero-order valence-corrected chi connectivity index (χ0v) is 16.9. The minimum absolute atomic E-state index is 0.171. The summed E-state index contributed by atoms with van der Waals surface area (Å²) in [5, 5.41) is 0. The van der Waals surface area contributed by atoms with Gasteiger partial charge in [0.05, 0.1) is 5.60 Å². The largest absolute Gasteiger partial charge is 0.375 e. The molecule has 0 aromatic heterocycles. The Balaban J connectivity index is 1.45. The van der Waals surface area contributed by atoms with E-state index in [1.54, 1.807) is 5.56 Å². The van der Waals surface area contributed by atoms with Crippen LogP contribution in [0.15, 0.2) is 54.6 Å². The van der Waals surface area contributed by atoms with Gasteiger partial charge in [0, 0.05) is 12.0 Å². The van der Waals surface area contributed by atoms with Crippen molar-refractivity contribution < 1.29 is 4.74 Å². The van der Waals surface area contributed by atoms with Crippen molar-refractivity contribution in [2.75, 3.05) is 6.61 Å². The van der Waals surface area contributed by atoms with E-state index in [4.69, 9.17) is 4.74 Å². The van der Waals surface area contributed by atoms with Crippen LogP contribution in [0, 0.1) is 6.92 Å². The lowest BCUT2D eigenvalue weighted by molar-refractivity contribution is -0.104. The maximum Gasteiger partial charge on any atom is 0.0691 e. The molecule has 0 amide bonds. The predicted molar refractivity (Wildman–Crippen MR) is 113 cm³/mol. The van der Waals surface area contributed by atoms with Gasteiger partial charge in [0.2, 0.25) is 0 Å². The first-order valence-corrected chi connectivity index (χ1v) is 10.9. The monoisotopic (exact) mass is 362 g/mol. The fourth-order valence-corrected chi connectivity index (χ4v) is 5.62. The third-order valence-corrected chi connectivity index (χ3v) is 7.00. The molecule has 2 aliphatic rings. The number of hydrogen-bond acceptors (Lipinski definition) is 1. The summed E-state index contributed by atoms with van der Waals surface area (Å²) in [4.78, 5) is 0. The second kappa shape index (κ2) is 8.19. The molecule has 0 bridgehead atoms. The van der Waals surface area contributed by atoms with Crippen LogP contribution in [0.3, 0.4) is 0 Å². The van der Waals surface area contributed by atoms with E-state index < -0.39 is 0 Å². The van der Waals surface area contributed by atoms with Crippen molar-refractivity contribution in [3.05, 3.63) is 71.3 Å². The second-order valence-electron chi connectivity index (χ2n) is 9.01. The van der Waals surface area contributed by atoms with E-state index in [0.29, 0.717) is 5.41 Å². The summed E-state index contributed by atoms with van der Waals surface area (Å²) >= 11 is 0. The maximum atomic E-state index is 6.39. The highest BCUT2D eigenvalue weighted by molar-refractivity contribution is 5.27. The van der Waals surface area contributed by atoms with Gasteiger partial charge >= 0.3 is 0 Å². The Morgan fingerprint density at radius 3 is 2.48 bits per heavy atom. The van der Waals surface area contributed by atoms with Gasteiger partial charge in [0.1, 0.15) is 0 Å². The highest BCUT2D eigenvalue weighted by atomic mass is 16.5. The van der Waals surface area contributed by atoms with Gasteiger partial charge in [-0.25, -0.2) is 0 Å². The van der Waals surface area contributed by atoms with Crippen LogP contribution in [0.4, 0.5) is 0 Å². The van der Waals surface area contributed by atoms with Crippen molar-refractivity contribution in [1.29, 1.82) is 0 Å². The van der Waals surface area contributed by atoms with Crippen molar-refractivity contribution in [1.82, 2.24) is 0 Å². The Bertz CT molecular complexity index is 729. The molecule has 0 radical (unpaired) electrons. The quantitative estimate of drug-likeness (QED) is 0.515. The summed E-state index contributed by atoms with van der Waals surface area (Å²) in [5.74, 6) is 0. The lowest BCUT2D eigenvalue weighted by Crippen LogP contribution is -2.46. The van der Waals surface area contributed by atoms with Crippen molar-refractivity contribution in [2.45, 2.75) is 82.1 Å². The van der Waals surface area contributed by atoms with Crippen molar-refractivity contribution >= 4 is 0 Å². The summed E-state index contributed by atoms with van der Waals surface area (Å²) in [5.41, 5.74) is 4.90. The third kappa shape index (κ3) is 4.29. The Labute approximate surface area is 165 Å². The van der Waals surface area contributed by atoms with Gasteiger partial charge in [0.15, 0.2) is 0 Å². The molecule has 2 aromatic rings. The van der Waals surface area contributed by atoms with Gasteiger partial charge in [-0.3, -0.25) is 0 Å². The van der Waals surface area contributed by atoms with Gasteiger partial charge in [-0.1, -0.05) is 79.4 Å². The predicted octanol–water partition coefficient (Wildman–Crippen LogP) is 6.77. The molecule has 1 saturated heterocycles. The van der Waals surface area contributed by atoms with Crippen LogP contribution in [0.1, 0.15) is 74.5 Å². The average molecular weight is 363 g/mol. The average Bonchev–Trinajstić information content (AvgIpc) is 3.13. The molecule has 1 heterocycles. The normalized spacial score (nSPS) is 24.3. The Hall–Kier alpha value is -1.60. The van der Waals surface area contributed by atoms with Gasteiger partial charge in [0.25, 0.3) is 0 Å². The summed E-state index contributed by atoms with van der Waals surface area (Å²) < 4.78 is 6.39. The number of aryl methyl sites for hydroxylation is 2. The number of ether oxygens (including phenoxy) is 1. The maximum absolute atomic E-state index is 6.39. The lowest BCUT2D eigenvalue weighted by Gasteiger charge is -2.47. The lowest BCUT2D eigenvalue weighted by atomic mass is 9.65. The molecule has 1 heteroatoms. The molecule has 2 fully saturated rings.